The van der Waals surface area contributed by atoms with E-state index < -0.39 is 10.8 Å². The first kappa shape index (κ1) is 18.6. The number of nitrogens with one attached hydrogen (secondary N) is 2. The summed E-state index contributed by atoms with van der Waals surface area (Å²) < 4.78 is 4.91. The van der Waals surface area contributed by atoms with Crippen LogP contribution in [0.15, 0.2) is 47.6 Å². The van der Waals surface area contributed by atoms with Gasteiger partial charge in [0.05, 0.1) is 18.2 Å². The summed E-state index contributed by atoms with van der Waals surface area (Å²) in [5.41, 5.74) is 3.48. The molecule has 9 heteroatoms. The van der Waals surface area contributed by atoms with Gasteiger partial charge in [0.25, 0.3) is 5.91 Å². The molecule has 9 nitrogen and oxygen atoms in total. The zero-order chi connectivity index (χ0) is 19.1. The number of hydrazone groups is 1. The standard InChI is InChI=1S/C17H16N4O5/c1-11(22)19-14-6-4-13(5-7-14)17(23)20-18-10-12-3-8-16(26-2)15(9-12)21(24)25/h3-10H,1-2H3,(H,19,22)(H,20,23)/b18-10-. The van der Waals surface area contributed by atoms with Crippen molar-refractivity contribution in [3.8, 4) is 5.75 Å². The number of nitro groups is 1. The molecule has 2 amide bonds. The first-order valence-electron chi connectivity index (χ1n) is 7.44. The normalized spacial score (nSPS) is 10.4. The zero-order valence-corrected chi connectivity index (χ0v) is 14.1. The lowest BCUT2D eigenvalue weighted by molar-refractivity contribution is -0.385. The van der Waals surface area contributed by atoms with Gasteiger partial charge < -0.3 is 10.1 Å². The Labute approximate surface area is 148 Å². The van der Waals surface area contributed by atoms with E-state index in [9.17, 15) is 19.7 Å². The van der Waals surface area contributed by atoms with Crippen LogP contribution >= 0.6 is 0 Å². The van der Waals surface area contributed by atoms with Crippen molar-refractivity contribution in [2.45, 2.75) is 6.92 Å². The summed E-state index contributed by atoms with van der Waals surface area (Å²) in [7, 11) is 1.34. The molecule has 0 heterocycles. The summed E-state index contributed by atoms with van der Waals surface area (Å²) >= 11 is 0. The van der Waals surface area contributed by atoms with Crippen LogP contribution in [-0.4, -0.2) is 30.1 Å². The SMILES string of the molecule is COc1ccc(/C=N\NC(=O)c2ccc(NC(C)=O)cc2)cc1[N+](=O)[O-]. The van der Waals surface area contributed by atoms with Gasteiger partial charge in [-0.25, -0.2) is 5.43 Å². The van der Waals surface area contributed by atoms with Gasteiger partial charge in [-0.1, -0.05) is 0 Å². The van der Waals surface area contributed by atoms with E-state index >= 15 is 0 Å². The molecule has 0 saturated heterocycles. The molecule has 0 fully saturated rings. The molecule has 2 aromatic rings. The Balaban J connectivity index is 2.03. The van der Waals surface area contributed by atoms with E-state index in [2.05, 4.69) is 15.8 Å². The average Bonchev–Trinajstić information content (AvgIpc) is 2.61. The number of anilines is 1. The van der Waals surface area contributed by atoms with Crippen LogP contribution in [0.4, 0.5) is 11.4 Å². The van der Waals surface area contributed by atoms with Crippen molar-refractivity contribution in [1.82, 2.24) is 5.43 Å². The number of carbonyl (C=O) groups is 2. The molecule has 2 N–H and O–H groups in total. The third-order valence-corrected chi connectivity index (χ3v) is 3.25. The minimum absolute atomic E-state index is 0.135. The Hall–Kier alpha value is -3.75. The van der Waals surface area contributed by atoms with Crippen molar-refractivity contribution in [2.75, 3.05) is 12.4 Å². The Morgan fingerprint density at radius 3 is 2.46 bits per heavy atom. The molecule has 134 valence electrons. The Morgan fingerprint density at radius 2 is 1.88 bits per heavy atom. The van der Waals surface area contributed by atoms with Crippen molar-refractivity contribution >= 4 is 29.4 Å². The predicted octanol–water partition coefficient (Wildman–Crippen LogP) is 2.33. The highest BCUT2D eigenvalue weighted by molar-refractivity contribution is 5.96. The number of hydrogen-bond acceptors (Lipinski definition) is 6. The van der Waals surface area contributed by atoms with Crippen molar-refractivity contribution < 1.29 is 19.2 Å². The second-order valence-corrected chi connectivity index (χ2v) is 5.15. The molecular formula is C17H16N4O5. The topological polar surface area (TPSA) is 123 Å². The third kappa shape index (κ3) is 4.87. The highest BCUT2D eigenvalue weighted by atomic mass is 16.6. The Kier molecular flexibility index (Phi) is 5.99. The largest absolute Gasteiger partial charge is 0.490 e. The maximum absolute atomic E-state index is 12.0. The molecule has 2 aromatic carbocycles. The molecule has 0 aliphatic heterocycles. The Morgan fingerprint density at radius 1 is 1.19 bits per heavy atom. The van der Waals surface area contributed by atoms with Gasteiger partial charge in [0.1, 0.15) is 0 Å². The lowest BCUT2D eigenvalue weighted by Crippen LogP contribution is -2.17. The average molecular weight is 356 g/mol. The van der Waals surface area contributed by atoms with Crippen LogP contribution < -0.4 is 15.5 Å². The van der Waals surface area contributed by atoms with Crippen molar-refractivity contribution in [1.29, 1.82) is 0 Å². The van der Waals surface area contributed by atoms with Gasteiger partial charge in [-0.05, 0) is 36.4 Å². The van der Waals surface area contributed by atoms with Gasteiger partial charge in [-0.2, -0.15) is 5.10 Å². The van der Waals surface area contributed by atoms with Crippen LogP contribution in [-0.2, 0) is 4.79 Å². The number of ether oxygens (including phenoxy) is 1. The fourth-order valence-corrected chi connectivity index (χ4v) is 2.07. The molecule has 0 aromatic heterocycles. The molecule has 0 aliphatic rings. The van der Waals surface area contributed by atoms with E-state index in [-0.39, 0.29) is 17.3 Å². The van der Waals surface area contributed by atoms with Crippen LogP contribution in [0.1, 0.15) is 22.8 Å². The maximum Gasteiger partial charge on any atom is 0.311 e. The molecule has 0 spiro atoms. The third-order valence-electron chi connectivity index (χ3n) is 3.25. The van der Waals surface area contributed by atoms with E-state index in [0.29, 0.717) is 16.8 Å². The minimum Gasteiger partial charge on any atom is -0.490 e. The maximum atomic E-state index is 12.0. The molecule has 0 atom stereocenters. The number of hydrogen-bond donors (Lipinski definition) is 2. The highest BCUT2D eigenvalue weighted by Crippen LogP contribution is 2.26. The van der Waals surface area contributed by atoms with Gasteiger partial charge in [0.2, 0.25) is 5.91 Å². The molecule has 26 heavy (non-hydrogen) atoms. The fraction of sp³-hybridized carbons (Fsp3) is 0.118. The second-order valence-electron chi connectivity index (χ2n) is 5.15. The molecule has 0 radical (unpaired) electrons. The first-order chi connectivity index (χ1) is 12.4. The molecule has 2 rings (SSSR count). The lowest BCUT2D eigenvalue weighted by atomic mass is 10.2. The zero-order valence-electron chi connectivity index (χ0n) is 14.1. The number of methoxy groups -OCH3 is 1. The lowest BCUT2D eigenvalue weighted by Gasteiger charge is -2.04. The molecular weight excluding hydrogens is 340 g/mol. The van der Waals surface area contributed by atoms with Crippen LogP contribution in [0.5, 0.6) is 5.75 Å². The van der Waals surface area contributed by atoms with Gasteiger partial charge in [0.15, 0.2) is 5.75 Å². The van der Waals surface area contributed by atoms with Gasteiger partial charge in [-0.3, -0.25) is 19.7 Å². The van der Waals surface area contributed by atoms with Crippen molar-refractivity contribution in [3.63, 3.8) is 0 Å². The smallest absolute Gasteiger partial charge is 0.311 e. The van der Waals surface area contributed by atoms with E-state index in [1.807, 2.05) is 0 Å². The number of amides is 2. The summed E-state index contributed by atoms with van der Waals surface area (Å²) in [4.78, 5) is 33.4. The minimum atomic E-state index is -0.564. The molecule has 0 saturated carbocycles. The number of nitrogens with zero attached hydrogens (tertiary/aromatic N) is 2. The fourth-order valence-electron chi connectivity index (χ4n) is 2.07. The van der Waals surface area contributed by atoms with E-state index in [0.717, 1.165) is 0 Å². The van der Waals surface area contributed by atoms with Crippen LogP contribution in [0.3, 0.4) is 0 Å². The molecule has 0 unspecified atom stereocenters. The van der Waals surface area contributed by atoms with Crippen LogP contribution in [0.2, 0.25) is 0 Å². The van der Waals surface area contributed by atoms with Crippen molar-refractivity contribution in [3.05, 3.63) is 63.7 Å². The summed E-state index contributed by atoms with van der Waals surface area (Å²) in [6.07, 6.45) is 1.29. The van der Waals surface area contributed by atoms with Gasteiger partial charge in [-0.15, -0.1) is 0 Å². The number of nitro benzene ring substituents is 1. The number of rotatable bonds is 6. The summed E-state index contributed by atoms with van der Waals surface area (Å²) in [5.74, 6) is -0.533. The number of benzene rings is 2. The predicted molar refractivity (Wildman–Crippen MR) is 95.5 cm³/mol. The second kappa shape index (κ2) is 8.38. The monoisotopic (exact) mass is 356 g/mol. The Bertz CT molecular complexity index is 862. The van der Waals surface area contributed by atoms with Gasteiger partial charge >= 0.3 is 5.69 Å². The molecule has 0 bridgehead atoms. The summed E-state index contributed by atoms with van der Waals surface area (Å²) in [6.45, 7) is 1.39. The summed E-state index contributed by atoms with van der Waals surface area (Å²) in [5, 5.41) is 17.4. The quantitative estimate of drug-likeness (QED) is 0.467. The molecule has 0 aliphatic carbocycles. The van der Waals surface area contributed by atoms with E-state index in [1.54, 1.807) is 18.2 Å². The van der Waals surface area contributed by atoms with E-state index in [1.165, 1.54) is 44.5 Å². The van der Waals surface area contributed by atoms with Crippen molar-refractivity contribution in [2.24, 2.45) is 5.10 Å². The van der Waals surface area contributed by atoms with Crippen LogP contribution in [0, 0.1) is 10.1 Å². The first-order valence-corrected chi connectivity index (χ1v) is 7.44. The number of carbonyl (C=O) groups excluding carboxylic acids is 2. The van der Waals surface area contributed by atoms with Gasteiger partial charge in [0, 0.05) is 29.8 Å². The summed E-state index contributed by atoms with van der Waals surface area (Å²) in [6, 6.07) is 10.6. The highest BCUT2D eigenvalue weighted by Gasteiger charge is 2.14. The van der Waals surface area contributed by atoms with E-state index in [4.69, 9.17) is 4.74 Å². The van der Waals surface area contributed by atoms with Crippen LogP contribution in [0.25, 0.3) is 0 Å².